The van der Waals surface area contributed by atoms with Crippen LogP contribution in [0.25, 0.3) is 0 Å². The summed E-state index contributed by atoms with van der Waals surface area (Å²) in [5.41, 5.74) is 0.292. The van der Waals surface area contributed by atoms with Crippen LogP contribution in [0, 0.1) is 13.8 Å². The lowest BCUT2D eigenvalue weighted by atomic mass is 9.82. The second-order valence-electron chi connectivity index (χ2n) is 5.71. The van der Waals surface area contributed by atoms with Gasteiger partial charge in [-0.3, -0.25) is 9.69 Å². The van der Waals surface area contributed by atoms with Crippen molar-refractivity contribution in [3.8, 4) is 0 Å². The molecule has 1 spiro atoms. The summed E-state index contributed by atoms with van der Waals surface area (Å²) in [6.45, 7) is 4.22. The van der Waals surface area contributed by atoms with Gasteiger partial charge < -0.3 is 5.32 Å². The molecule has 1 aromatic heterocycles. The van der Waals surface area contributed by atoms with Crippen molar-refractivity contribution in [1.29, 1.82) is 0 Å². The molecule has 0 atom stereocenters. The van der Waals surface area contributed by atoms with Gasteiger partial charge in [-0.1, -0.05) is 19.3 Å². The molecule has 1 aliphatic heterocycles. The van der Waals surface area contributed by atoms with E-state index in [1.807, 2.05) is 13.8 Å². The smallest absolute Gasteiger partial charge is 0.323 e. The van der Waals surface area contributed by atoms with E-state index < -0.39 is 5.54 Å². The van der Waals surface area contributed by atoms with E-state index in [0.717, 1.165) is 47.7 Å². The number of nitrogens with one attached hydrogen (secondary N) is 1. The van der Waals surface area contributed by atoms with Gasteiger partial charge >= 0.3 is 6.03 Å². The third-order valence-electron chi connectivity index (χ3n) is 4.25. The number of imide groups is 1. The predicted molar refractivity (Wildman–Crippen MR) is 76.5 cm³/mol. The van der Waals surface area contributed by atoms with Gasteiger partial charge in [0.2, 0.25) is 0 Å². The van der Waals surface area contributed by atoms with Crippen LogP contribution < -0.4 is 5.32 Å². The number of aromatic nitrogens is 1. The Balaban J connectivity index is 1.82. The number of aryl methyl sites for hydroxylation is 2. The van der Waals surface area contributed by atoms with Crippen LogP contribution in [0.1, 0.15) is 47.7 Å². The number of hydrogen-bond acceptors (Lipinski definition) is 4. The second kappa shape index (κ2) is 4.84. The Labute approximate surface area is 122 Å². The van der Waals surface area contributed by atoms with Crippen LogP contribution in [-0.2, 0) is 11.3 Å². The van der Waals surface area contributed by atoms with E-state index in [4.69, 9.17) is 0 Å². The Kier molecular flexibility index (Phi) is 3.28. The van der Waals surface area contributed by atoms with Crippen molar-refractivity contribution < 1.29 is 9.59 Å². The Morgan fingerprint density at radius 1 is 1.25 bits per heavy atom. The van der Waals surface area contributed by atoms with Gasteiger partial charge in [0.1, 0.15) is 5.54 Å². The number of nitrogens with zero attached hydrogens (tertiary/aromatic N) is 2. The molecule has 0 bridgehead atoms. The number of urea groups is 1. The van der Waals surface area contributed by atoms with Crippen LogP contribution in [0.2, 0.25) is 0 Å². The maximum Gasteiger partial charge on any atom is 0.325 e. The number of rotatable bonds is 2. The van der Waals surface area contributed by atoms with E-state index >= 15 is 0 Å². The number of hydrogen-bond donors (Lipinski definition) is 1. The molecular formula is C14H19N3O2S. The minimum absolute atomic E-state index is 0.0485. The SMILES string of the molecule is Cc1nc(C)c(CN2C(=O)NC3(CCCCC3)C2=O)s1. The zero-order valence-electron chi connectivity index (χ0n) is 11.9. The Morgan fingerprint density at radius 3 is 2.55 bits per heavy atom. The third kappa shape index (κ3) is 2.12. The van der Waals surface area contributed by atoms with Gasteiger partial charge in [-0.15, -0.1) is 11.3 Å². The molecule has 0 unspecified atom stereocenters. The quantitative estimate of drug-likeness (QED) is 0.852. The van der Waals surface area contributed by atoms with Gasteiger partial charge in [-0.2, -0.15) is 0 Å². The largest absolute Gasteiger partial charge is 0.325 e. The summed E-state index contributed by atoms with van der Waals surface area (Å²) in [5, 5.41) is 3.91. The maximum atomic E-state index is 12.6. The molecule has 2 heterocycles. The molecule has 1 saturated heterocycles. The fourth-order valence-electron chi connectivity index (χ4n) is 3.18. The number of amides is 3. The van der Waals surface area contributed by atoms with Crippen molar-refractivity contribution in [3.05, 3.63) is 15.6 Å². The fourth-order valence-corrected chi connectivity index (χ4v) is 4.10. The van der Waals surface area contributed by atoms with Gasteiger partial charge in [0.25, 0.3) is 5.91 Å². The summed E-state index contributed by atoms with van der Waals surface area (Å²) in [6.07, 6.45) is 4.72. The molecule has 6 heteroatoms. The molecular weight excluding hydrogens is 274 g/mol. The van der Waals surface area contributed by atoms with Crippen LogP contribution in [0.15, 0.2) is 0 Å². The number of thiazole rings is 1. The highest BCUT2D eigenvalue weighted by Gasteiger charge is 2.51. The molecule has 1 N–H and O–H groups in total. The van der Waals surface area contributed by atoms with E-state index in [9.17, 15) is 9.59 Å². The molecule has 20 heavy (non-hydrogen) atoms. The zero-order chi connectivity index (χ0) is 14.3. The molecule has 1 aromatic rings. The molecule has 1 saturated carbocycles. The molecule has 2 fully saturated rings. The molecule has 3 rings (SSSR count). The zero-order valence-corrected chi connectivity index (χ0v) is 12.7. The topological polar surface area (TPSA) is 62.3 Å². The van der Waals surface area contributed by atoms with Crippen molar-refractivity contribution in [3.63, 3.8) is 0 Å². The highest BCUT2D eigenvalue weighted by molar-refractivity contribution is 7.11. The molecule has 3 amide bonds. The standard InChI is InChI=1S/C14H19N3O2S/c1-9-11(20-10(2)15-9)8-17-12(18)14(16-13(17)19)6-4-3-5-7-14/h3-8H2,1-2H3,(H,16,19). The Bertz CT molecular complexity index is 561. The van der Waals surface area contributed by atoms with E-state index in [1.165, 1.54) is 4.90 Å². The lowest BCUT2D eigenvalue weighted by Crippen LogP contribution is -2.48. The highest BCUT2D eigenvalue weighted by Crippen LogP contribution is 2.34. The Morgan fingerprint density at radius 2 is 1.95 bits per heavy atom. The lowest BCUT2D eigenvalue weighted by molar-refractivity contribution is -0.132. The predicted octanol–water partition coefficient (Wildman–Crippen LogP) is 2.51. The van der Waals surface area contributed by atoms with E-state index in [-0.39, 0.29) is 11.9 Å². The molecule has 2 aliphatic rings. The van der Waals surface area contributed by atoms with E-state index in [0.29, 0.717) is 6.54 Å². The summed E-state index contributed by atoms with van der Waals surface area (Å²) in [7, 11) is 0. The molecule has 0 radical (unpaired) electrons. The first-order valence-corrected chi connectivity index (χ1v) is 7.90. The van der Waals surface area contributed by atoms with Crippen LogP contribution in [0.4, 0.5) is 4.79 Å². The van der Waals surface area contributed by atoms with Gasteiger partial charge in [0.05, 0.1) is 17.2 Å². The van der Waals surface area contributed by atoms with Crippen molar-refractivity contribution in [2.75, 3.05) is 0 Å². The maximum absolute atomic E-state index is 12.6. The summed E-state index contributed by atoms with van der Waals surface area (Å²) in [6, 6.07) is -0.248. The minimum Gasteiger partial charge on any atom is -0.323 e. The monoisotopic (exact) mass is 293 g/mol. The summed E-state index contributed by atoms with van der Waals surface area (Å²) >= 11 is 1.56. The van der Waals surface area contributed by atoms with Crippen molar-refractivity contribution in [1.82, 2.24) is 15.2 Å². The average molecular weight is 293 g/mol. The first-order valence-electron chi connectivity index (χ1n) is 7.09. The molecule has 1 aliphatic carbocycles. The first-order chi connectivity index (χ1) is 9.52. The van der Waals surface area contributed by atoms with Gasteiger partial charge in [0, 0.05) is 4.88 Å². The summed E-state index contributed by atoms with van der Waals surface area (Å²) in [4.78, 5) is 31.5. The van der Waals surface area contributed by atoms with Crippen molar-refractivity contribution >= 4 is 23.3 Å². The van der Waals surface area contributed by atoms with Crippen LogP contribution in [-0.4, -0.2) is 27.4 Å². The van der Waals surface area contributed by atoms with Crippen LogP contribution >= 0.6 is 11.3 Å². The lowest BCUT2D eigenvalue weighted by Gasteiger charge is -2.30. The van der Waals surface area contributed by atoms with Crippen LogP contribution in [0.5, 0.6) is 0 Å². The summed E-state index contributed by atoms with van der Waals surface area (Å²) < 4.78 is 0. The molecule has 0 aromatic carbocycles. The molecule has 108 valence electrons. The van der Waals surface area contributed by atoms with Crippen molar-refractivity contribution in [2.24, 2.45) is 0 Å². The average Bonchev–Trinajstić information content (AvgIpc) is 2.83. The highest BCUT2D eigenvalue weighted by atomic mass is 32.1. The van der Waals surface area contributed by atoms with E-state index in [2.05, 4.69) is 10.3 Å². The normalized spacial score (nSPS) is 21.6. The minimum atomic E-state index is -0.622. The van der Waals surface area contributed by atoms with E-state index in [1.54, 1.807) is 11.3 Å². The summed E-state index contributed by atoms with van der Waals surface area (Å²) in [5.74, 6) is -0.0485. The van der Waals surface area contributed by atoms with Gasteiger partial charge in [0.15, 0.2) is 0 Å². The second-order valence-corrected chi connectivity index (χ2v) is 6.99. The third-order valence-corrected chi connectivity index (χ3v) is 5.31. The molecule has 5 nitrogen and oxygen atoms in total. The number of carbonyl (C=O) groups is 2. The van der Waals surface area contributed by atoms with Gasteiger partial charge in [-0.25, -0.2) is 9.78 Å². The number of carbonyl (C=O) groups excluding carboxylic acids is 2. The first kappa shape index (κ1) is 13.5. The fraction of sp³-hybridized carbons (Fsp3) is 0.643. The van der Waals surface area contributed by atoms with Crippen molar-refractivity contribution in [2.45, 2.75) is 58.0 Å². The Hall–Kier alpha value is -1.43. The van der Waals surface area contributed by atoms with Gasteiger partial charge in [-0.05, 0) is 26.7 Å². The van der Waals surface area contributed by atoms with Crippen LogP contribution in [0.3, 0.4) is 0 Å².